The zero-order valence-electron chi connectivity index (χ0n) is 21.3. The molecule has 0 aromatic heterocycles. The van der Waals surface area contributed by atoms with Crippen LogP contribution in [0.3, 0.4) is 0 Å². The van der Waals surface area contributed by atoms with E-state index >= 15 is 13.2 Å². The van der Waals surface area contributed by atoms with Crippen molar-refractivity contribution >= 4 is 62.9 Å². The average molecular weight is 672 g/mol. The summed E-state index contributed by atoms with van der Waals surface area (Å²) in [5.74, 6) is -3.09. The van der Waals surface area contributed by atoms with Gasteiger partial charge in [0.15, 0.2) is 0 Å². The summed E-state index contributed by atoms with van der Waals surface area (Å²) in [4.78, 5) is 18.2. The van der Waals surface area contributed by atoms with Gasteiger partial charge in [-0.3, -0.25) is 9.79 Å². The van der Waals surface area contributed by atoms with Crippen molar-refractivity contribution in [3.05, 3.63) is 66.8 Å². The first-order chi connectivity index (χ1) is 18.2. The van der Waals surface area contributed by atoms with Gasteiger partial charge in [-0.2, -0.15) is 13.2 Å². The first kappa shape index (κ1) is 30.6. The van der Waals surface area contributed by atoms with Crippen molar-refractivity contribution in [3.8, 4) is 0 Å². The summed E-state index contributed by atoms with van der Waals surface area (Å²) < 4.78 is 65.9. The maximum absolute atomic E-state index is 15.3. The van der Waals surface area contributed by atoms with Crippen molar-refractivity contribution in [2.45, 2.75) is 63.8 Å². The fourth-order valence-electron chi connectivity index (χ4n) is 5.84. The third kappa shape index (κ3) is 5.73. The molecule has 1 aliphatic heterocycles. The van der Waals surface area contributed by atoms with Crippen molar-refractivity contribution in [1.29, 1.82) is 0 Å². The van der Waals surface area contributed by atoms with E-state index in [0.717, 1.165) is 37.3 Å². The number of rotatable bonds is 5. The van der Waals surface area contributed by atoms with Crippen LogP contribution in [0, 0.1) is 29.5 Å². The number of carbonyl (C=O) groups is 1. The second-order valence-electron chi connectivity index (χ2n) is 10.8. The molecule has 1 saturated carbocycles. The number of hydrogen-bond acceptors (Lipinski definition) is 3. The Morgan fingerprint density at radius 3 is 2.33 bits per heavy atom. The summed E-state index contributed by atoms with van der Waals surface area (Å²) in [6.07, 6.45) is -2.54. The first-order valence-electron chi connectivity index (χ1n) is 12.6. The number of hydrogen-bond donors (Lipinski definition) is 0. The van der Waals surface area contributed by atoms with E-state index in [4.69, 9.17) is 39.5 Å². The number of aliphatic imine (C=N–C) groups is 1. The maximum Gasteiger partial charge on any atom is 0.404 e. The third-order valence-corrected chi connectivity index (χ3v) is 9.75. The molecule has 0 amide bonds. The van der Waals surface area contributed by atoms with E-state index in [1.54, 1.807) is 0 Å². The highest BCUT2D eigenvalue weighted by Gasteiger charge is 2.67. The van der Waals surface area contributed by atoms with E-state index in [1.807, 2.05) is 20.8 Å². The molecule has 2 aliphatic rings. The van der Waals surface area contributed by atoms with Gasteiger partial charge >= 0.3 is 12.1 Å². The molecule has 1 aliphatic carbocycles. The molecule has 39 heavy (non-hydrogen) atoms. The van der Waals surface area contributed by atoms with Gasteiger partial charge in [-0.15, -0.1) is 0 Å². The lowest BCUT2D eigenvalue weighted by molar-refractivity contribution is -0.197. The molecule has 0 radical (unpaired) electrons. The normalized spacial score (nSPS) is 29.2. The molecule has 1 heterocycles. The topological polar surface area (TPSA) is 38.7 Å². The van der Waals surface area contributed by atoms with Crippen LogP contribution in [0.15, 0.2) is 39.8 Å². The summed E-state index contributed by atoms with van der Waals surface area (Å²) in [5, 5.41) is -0.502. The lowest BCUT2D eigenvalue weighted by Gasteiger charge is -2.40. The Balaban J connectivity index is 1.88. The fraction of sp³-hybridized carbons (Fsp3) is 0.500. The van der Waals surface area contributed by atoms with Gasteiger partial charge in [-0.25, -0.2) is 4.39 Å². The lowest BCUT2D eigenvalue weighted by Crippen LogP contribution is -2.53. The summed E-state index contributed by atoms with van der Waals surface area (Å²) in [7, 11) is 0. The van der Waals surface area contributed by atoms with Crippen LogP contribution < -0.4 is 0 Å². The van der Waals surface area contributed by atoms with E-state index in [0.29, 0.717) is 6.42 Å². The largest absolute Gasteiger partial charge is 0.462 e. The van der Waals surface area contributed by atoms with Gasteiger partial charge in [-0.05, 0) is 81.9 Å². The number of carbonyl (C=O) groups excluding carboxylic acids is 1. The smallest absolute Gasteiger partial charge is 0.404 e. The molecular weight excluding hydrogens is 645 g/mol. The number of halogens is 8. The summed E-state index contributed by atoms with van der Waals surface area (Å²) >= 11 is 21.5. The Labute approximate surface area is 248 Å². The summed E-state index contributed by atoms with van der Waals surface area (Å²) in [5.41, 5.74) is -3.10. The number of nitrogens with zero attached hydrogens (tertiary/aromatic N) is 1. The van der Waals surface area contributed by atoms with Crippen LogP contribution in [0.2, 0.25) is 15.1 Å². The van der Waals surface area contributed by atoms with Crippen LogP contribution in [0.25, 0.3) is 0 Å². The van der Waals surface area contributed by atoms with Gasteiger partial charge in [0.05, 0.1) is 25.6 Å². The maximum atomic E-state index is 15.3. The Kier molecular flexibility index (Phi) is 9.02. The zero-order chi connectivity index (χ0) is 28.9. The standard InChI is InChI=1S/C28H27BrCl3F4NO2/c1-13(2)17-6-4-14(3)8-22(17)39-26(38)23-25(15-5-7-21(33)18(29)9-15)37-12-27(23,28(34,35)36)16-10-19(30)24(32)20(31)11-16/h5,7,9-14,17,22-23,25H,4,6,8H2,1-3H3/t14-,17+,22-,23?,25?,27?/m0/s1. The third-order valence-electron chi connectivity index (χ3n) is 7.94. The highest BCUT2D eigenvalue weighted by molar-refractivity contribution is 9.10. The Morgan fingerprint density at radius 1 is 1.13 bits per heavy atom. The molecule has 2 aromatic rings. The van der Waals surface area contributed by atoms with Crippen LogP contribution in [-0.4, -0.2) is 24.5 Å². The molecule has 3 unspecified atom stereocenters. The zero-order valence-corrected chi connectivity index (χ0v) is 25.2. The SMILES string of the molecule is CC(C)[C@H]1CC[C@H](C)C[C@@H]1OC(=O)C1C(c2ccc(F)c(Br)c2)N=CC1(c1cc(Cl)c(Cl)c(Cl)c1)C(F)(F)F. The highest BCUT2D eigenvalue weighted by Crippen LogP contribution is 2.56. The van der Waals surface area contributed by atoms with Crippen LogP contribution in [-0.2, 0) is 14.9 Å². The minimum absolute atomic E-state index is 0.00518. The predicted molar refractivity (Wildman–Crippen MR) is 149 cm³/mol. The van der Waals surface area contributed by atoms with Gasteiger partial charge in [-0.1, -0.05) is 68.1 Å². The number of benzene rings is 2. The molecule has 0 saturated heterocycles. The quantitative estimate of drug-likeness (QED) is 0.180. The fourth-order valence-corrected chi connectivity index (χ4v) is 6.83. The molecule has 0 N–H and O–H groups in total. The van der Waals surface area contributed by atoms with Crippen molar-refractivity contribution < 1.29 is 27.1 Å². The van der Waals surface area contributed by atoms with Crippen LogP contribution in [0.4, 0.5) is 17.6 Å². The second-order valence-corrected chi connectivity index (χ2v) is 12.8. The predicted octanol–water partition coefficient (Wildman–Crippen LogP) is 9.79. The molecule has 0 spiro atoms. The molecule has 11 heteroatoms. The van der Waals surface area contributed by atoms with E-state index in [2.05, 4.69) is 20.9 Å². The number of alkyl halides is 3. The average Bonchev–Trinajstić information content (AvgIpc) is 3.26. The van der Waals surface area contributed by atoms with Gasteiger partial charge in [0.25, 0.3) is 0 Å². The molecule has 6 atom stereocenters. The Morgan fingerprint density at radius 2 is 1.77 bits per heavy atom. The lowest BCUT2D eigenvalue weighted by atomic mass is 9.68. The molecule has 1 fully saturated rings. The van der Waals surface area contributed by atoms with E-state index in [9.17, 15) is 9.18 Å². The van der Waals surface area contributed by atoms with Gasteiger partial charge in [0.1, 0.15) is 23.3 Å². The van der Waals surface area contributed by atoms with Crippen molar-refractivity contribution in [2.24, 2.45) is 28.7 Å². The van der Waals surface area contributed by atoms with Gasteiger partial charge in [0, 0.05) is 6.21 Å². The van der Waals surface area contributed by atoms with Crippen LogP contribution in [0.5, 0.6) is 0 Å². The molecular formula is C28H27BrCl3F4NO2. The van der Waals surface area contributed by atoms with E-state index < -0.39 is 41.4 Å². The summed E-state index contributed by atoms with van der Waals surface area (Å²) in [6.45, 7) is 6.06. The molecule has 3 nitrogen and oxygen atoms in total. The molecule has 2 aromatic carbocycles. The highest BCUT2D eigenvalue weighted by atomic mass is 79.9. The van der Waals surface area contributed by atoms with Crippen LogP contribution in [0.1, 0.15) is 57.2 Å². The van der Waals surface area contributed by atoms with E-state index in [1.165, 1.54) is 12.1 Å². The monoisotopic (exact) mass is 669 g/mol. The van der Waals surface area contributed by atoms with Gasteiger partial charge in [0.2, 0.25) is 0 Å². The van der Waals surface area contributed by atoms with Gasteiger partial charge < -0.3 is 4.74 Å². The van der Waals surface area contributed by atoms with Crippen molar-refractivity contribution in [1.82, 2.24) is 0 Å². The number of esters is 1. The molecule has 212 valence electrons. The van der Waals surface area contributed by atoms with Crippen LogP contribution >= 0.6 is 50.7 Å². The Bertz CT molecular complexity index is 1260. The molecule has 4 rings (SSSR count). The van der Waals surface area contributed by atoms with Crippen molar-refractivity contribution in [2.75, 3.05) is 0 Å². The summed E-state index contributed by atoms with van der Waals surface area (Å²) in [6, 6.07) is 4.54. The van der Waals surface area contributed by atoms with E-state index in [-0.39, 0.29) is 48.4 Å². The number of ether oxygens (including phenoxy) is 1. The molecule has 0 bridgehead atoms. The first-order valence-corrected chi connectivity index (χ1v) is 14.5. The minimum atomic E-state index is -5.01. The van der Waals surface area contributed by atoms with Crippen molar-refractivity contribution in [3.63, 3.8) is 0 Å². The second kappa shape index (κ2) is 11.5. The minimum Gasteiger partial charge on any atom is -0.462 e. The Hall–Kier alpha value is -1.35.